The number of nitriles is 1. The van der Waals surface area contributed by atoms with E-state index in [1.54, 1.807) is 24.3 Å². The molecule has 0 heterocycles. The highest BCUT2D eigenvalue weighted by Gasteiger charge is 2.55. The predicted molar refractivity (Wildman–Crippen MR) is 77.6 cm³/mol. The molecule has 3 nitrogen and oxygen atoms in total. The summed E-state index contributed by atoms with van der Waals surface area (Å²) in [5.74, 6) is -0.477. The normalized spacial score (nSPS) is 24.1. The number of benzene rings is 1. The number of rotatable bonds is 7. The van der Waals surface area contributed by atoms with E-state index in [0.29, 0.717) is 5.92 Å². The van der Waals surface area contributed by atoms with Crippen LogP contribution in [-0.4, -0.2) is 11.1 Å². The zero-order valence-corrected chi connectivity index (χ0v) is 11.9. The number of aromatic carboxylic acids is 1. The first kappa shape index (κ1) is 14.6. The first-order valence-electron chi connectivity index (χ1n) is 7.39. The van der Waals surface area contributed by atoms with Crippen LogP contribution < -0.4 is 0 Å². The summed E-state index contributed by atoms with van der Waals surface area (Å²) in [5, 5.41) is 18.4. The van der Waals surface area contributed by atoms with E-state index < -0.39 is 5.97 Å². The van der Waals surface area contributed by atoms with E-state index in [9.17, 15) is 10.1 Å². The molecule has 0 unspecified atom stereocenters. The molecule has 1 saturated carbocycles. The second kappa shape index (κ2) is 6.09. The van der Waals surface area contributed by atoms with Gasteiger partial charge < -0.3 is 5.11 Å². The van der Waals surface area contributed by atoms with Crippen molar-refractivity contribution in [2.75, 3.05) is 0 Å². The van der Waals surface area contributed by atoms with Gasteiger partial charge in [0.1, 0.15) is 0 Å². The molecule has 1 fully saturated rings. The van der Waals surface area contributed by atoms with E-state index in [1.165, 1.54) is 25.7 Å². The molecule has 2 atom stereocenters. The number of carboxylic acids is 1. The Balaban J connectivity index is 1.99. The Morgan fingerprint density at radius 3 is 2.60 bits per heavy atom. The molecular weight excluding hydrogens is 250 g/mol. The van der Waals surface area contributed by atoms with E-state index in [2.05, 4.69) is 13.0 Å². The van der Waals surface area contributed by atoms with E-state index in [1.807, 2.05) is 0 Å². The van der Waals surface area contributed by atoms with Crippen LogP contribution in [0.4, 0.5) is 0 Å². The third-order valence-corrected chi connectivity index (χ3v) is 4.36. The Hall–Kier alpha value is -1.82. The summed E-state index contributed by atoms with van der Waals surface area (Å²) in [7, 11) is 0. The zero-order chi connectivity index (χ0) is 14.6. The molecule has 1 aromatic carbocycles. The van der Waals surface area contributed by atoms with Crippen molar-refractivity contribution < 1.29 is 9.90 Å². The fraction of sp³-hybridized carbons (Fsp3) is 0.529. The van der Waals surface area contributed by atoms with E-state index >= 15 is 0 Å². The first-order valence-corrected chi connectivity index (χ1v) is 7.39. The average molecular weight is 271 g/mol. The maximum atomic E-state index is 10.8. The van der Waals surface area contributed by atoms with Gasteiger partial charge in [-0.05, 0) is 36.5 Å². The van der Waals surface area contributed by atoms with Crippen molar-refractivity contribution in [1.29, 1.82) is 5.26 Å². The molecule has 1 N–H and O–H groups in total. The highest BCUT2D eigenvalue weighted by atomic mass is 16.4. The number of carbonyl (C=O) groups is 1. The lowest BCUT2D eigenvalue weighted by Gasteiger charge is -2.09. The van der Waals surface area contributed by atoms with Gasteiger partial charge in [0.15, 0.2) is 0 Å². The lowest BCUT2D eigenvalue weighted by molar-refractivity contribution is 0.0697. The van der Waals surface area contributed by atoms with Crippen molar-refractivity contribution in [2.45, 2.75) is 50.9 Å². The quantitative estimate of drug-likeness (QED) is 0.758. The van der Waals surface area contributed by atoms with Crippen LogP contribution in [0.1, 0.15) is 61.4 Å². The molecule has 0 saturated heterocycles. The number of carboxylic acid groups (broad SMARTS) is 1. The molecule has 1 aliphatic carbocycles. The monoisotopic (exact) mass is 271 g/mol. The SMILES string of the molecule is CCCCCC[C@H]1C[C@]1(C#N)c1ccc(C(=O)O)cc1. The first-order chi connectivity index (χ1) is 9.64. The summed E-state index contributed by atoms with van der Waals surface area (Å²) in [4.78, 5) is 10.8. The van der Waals surface area contributed by atoms with E-state index in [-0.39, 0.29) is 11.0 Å². The Morgan fingerprint density at radius 2 is 2.05 bits per heavy atom. The molecule has 1 aromatic rings. The third-order valence-electron chi connectivity index (χ3n) is 4.36. The number of unbranched alkanes of at least 4 members (excludes halogenated alkanes) is 3. The second-order valence-electron chi connectivity index (χ2n) is 5.72. The third kappa shape index (κ3) is 2.85. The molecule has 0 aromatic heterocycles. The van der Waals surface area contributed by atoms with Crippen molar-refractivity contribution in [3.8, 4) is 6.07 Å². The van der Waals surface area contributed by atoms with Crippen molar-refractivity contribution in [2.24, 2.45) is 5.92 Å². The molecule has 0 spiro atoms. The topological polar surface area (TPSA) is 61.1 Å². The van der Waals surface area contributed by atoms with Crippen LogP contribution in [0.15, 0.2) is 24.3 Å². The van der Waals surface area contributed by atoms with Gasteiger partial charge in [-0.3, -0.25) is 0 Å². The summed E-state index contributed by atoms with van der Waals surface area (Å²) < 4.78 is 0. The largest absolute Gasteiger partial charge is 0.478 e. The maximum absolute atomic E-state index is 10.8. The lowest BCUT2D eigenvalue weighted by Crippen LogP contribution is -2.08. The van der Waals surface area contributed by atoms with Gasteiger partial charge in [0.05, 0.1) is 17.0 Å². The van der Waals surface area contributed by atoms with Crippen molar-refractivity contribution in [1.82, 2.24) is 0 Å². The molecule has 20 heavy (non-hydrogen) atoms. The lowest BCUT2D eigenvalue weighted by atomic mass is 9.92. The fourth-order valence-electron chi connectivity index (χ4n) is 2.96. The Kier molecular flexibility index (Phi) is 4.44. The molecule has 0 bridgehead atoms. The van der Waals surface area contributed by atoms with Crippen molar-refractivity contribution in [3.05, 3.63) is 35.4 Å². The minimum absolute atomic E-state index is 0.280. The molecule has 0 amide bonds. The Morgan fingerprint density at radius 1 is 1.35 bits per heavy atom. The molecule has 1 aliphatic rings. The van der Waals surface area contributed by atoms with Gasteiger partial charge >= 0.3 is 5.97 Å². The van der Waals surface area contributed by atoms with Gasteiger partial charge in [0, 0.05) is 0 Å². The fourth-order valence-corrected chi connectivity index (χ4v) is 2.96. The highest BCUT2D eigenvalue weighted by Crippen LogP contribution is 2.56. The Bertz CT molecular complexity index is 515. The molecule has 2 rings (SSSR count). The molecule has 0 aliphatic heterocycles. The van der Waals surface area contributed by atoms with Gasteiger partial charge in [-0.25, -0.2) is 4.79 Å². The molecule has 106 valence electrons. The molecule has 0 radical (unpaired) electrons. The predicted octanol–water partition coefficient (Wildman–Crippen LogP) is 4.14. The van der Waals surface area contributed by atoms with E-state index in [4.69, 9.17) is 5.11 Å². The standard InChI is InChI=1S/C17H21NO2/c1-2-3-4-5-6-15-11-17(15,12-18)14-9-7-13(8-10-14)16(19)20/h7-10,15H,2-6,11H2,1H3,(H,19,20)/t15-,17-/m0/s1. The van der Waals surface area contributed by atoms with Gasteiger partial charge in [0.25, 0.3) is 0 Å². The van der Waals surface area contributed by atoms with Crippen LogP contribution in [0, 0.1) is 17.2 Å². The van der Waals surface area contributed by atoms with Gasteiger partial charge in [-0.2, -0.15) is 5.26 Å². The van der Waals surface area contributed by atoms with Crippen molar-refractivity contribution >= 4 is 5.97 Å². The summed E-state index contributed by atoms with van der Waals surface area (Å²) >= 11 is 0. The van der Waals surface area contributed by atoms with Crippen molar-refractivity contribution in [3.63, 3.8) is 0 Å². The smallest absolute Gasteiger partial charge is 0.335 e. The zero-order valence-electron chi connectivity index (χ0n) is 11.9. The number of nitrogens with zero attached hydrogens (tertiary/aromatic N) is 1. The van der Waals surface area contributed by atoms with Gasteiger partial charge in [0.2, 0.25) is 0 Å². The van der Waals surface area contributed by atoms with Gasteiger partial charge in [-0.1, -0.05) is 44.7 Å². The van der Waals surface area contributed by atoms with E-state index in [0.717, 1.165) is 18.4 Å². The minimum atomic E-state index is -0.922. The van der Waals surface area contributed by atoms with Crippen LogP contribution >= 0.6 is 0 Å². The Labute approximate surface area is 120 Å². The summed E-state index contributed by atoms with van der Waals surface area (Å²) in [6.45, 7) is 2.20. The second-order valence-corrected chi connectivity index (χ2v) is 5.72. The average Bonchev–Trinajstić information content (AvgIpc) is 3.18. The number of hydrogen-bond donors (Lipinski definition) is 1. The van der Waals surface area contributed by atoms with Crippen LogP contribution in [0.2, 0.25) is 0 Å². The van der Waals surface area contributed by atoms with Gasteiger partial charge in [-0.15, -0.1) is 0 Å². The summed E-state index contributed by atoms with van der Waals surface area (Å²) in [5.41, 5.74) is 0.899. The summed E-state index contributed by atoms with van der Waals surface area (Å²) in [6.07, 6.45) is 6.95. The highest BCUT2D eigenvalue weighted by molar-refractivity contribution is 5.87. The molecular formula is C17H21NO2. The van der Waals surface area contributed by atoms with Crippen LogP contribution in [0.25, 0.3) is 0 Å². The molecule has 3 heteroatoms. The maximum Gasteiger partial charge on any atom is 0.335 e. The van der Waals surface area contributed by atoms with Crippen LogP contribution in [-0.2, 0) is 5.41 Å². The van der Waals surface area contributed by atoms with Crippen LogP contribution in [0.3, 0.4) is 0 Å². The van der Waals surface area contributed by atoms with Crippen LogP contribution in [0.5, 0.6) is 0 Å². The number of hydrogen-bond acceptors (Lipinski definition) is 2. The summed E-state index contributed by atoms with van der Waals surface area (Å²) in [6, 6.07) is 9.27. The minimum Gasteiger partial charge on any atom is -0.478 e.